The molecule has 246 valence electrons. The molecule has 0 aliphatic rings. The molecule has 2 aromatic carbocycles. The van der Waals surface area contributed by atoms with Gasteiger partial charge < -0.3 is 41.2 Å². The molecule has 5 amide bonds. The van der Waals surface area contributed by atoms with Crippen LogP contribution in [0.5, 0.6) is 5.75 Å². The molecule has 0 radical (unpaired) electrons. The molecule has 0 unspecified atom stereocenters. The van der Waals surface area contributed by atoms with E-state index in [-0.39, 0.29) is 50.0 Å². The maximum Gasteiger partial charge on any atom is 0.514 e. The van der Waals surface area contributed by atoms with Crippen LogP contribution in [0.25, 0.3) is 0 Å². The average molecular weight is 641 g/mol. The van der Waals surface area contributed by atoms with Crippen molar-refractivity contribution in [3.63, 3.8) is 0 Å². The first-order valence-corrected chi connectivity index (χ1v) is 14.1. The fourth-order valence-electron chi connectivity index (χ4n) is 3.77. The number of nitro benzene ring substituents is 1. The molecule has 0 heterocycles. The highest BCUT2D eigenvalue weighted by Crippen LogP contribution is 2.18. The SMILES string of the molecule is C#CCCOC(=O)N[C@H](C(=O)N[C@@H](CCCNC(N)=O)C(=O)Nc1ccc(COC(=O)Oc2ccc([N+](=O)[O-])cc2)cc1)C(C)C. The first kappa shape index (κ1) is 36.3. The normalized spacial score (nSPS) is 11.6. The largest absolute Gasteiger partial charge is 0.514 e. The number of alkyl carbamates (subject to hydrolysis) is 1. The summed E-state index contributed by atoms with van der Waals surface area (Å²) in [6.45, 7) is 3.38. The Bertz CT molecular complexity index is 1410. The van der Waals surface area contributed by atoms with E-state index >= 15 is 0 Å². The van der Waals surface area contributed by atoms with E-state index in [2.05, 4.69) is 27.2 Å². The fraction of sp³-hybridized carbons (Fsp3) is 0.367. The van der Waals surface area contributed by atoms with Gasteiger partial charge in [-0.15, -0.1) is 12.3 Å². The summed E-state index contributed by atoms with van der Waals surface area (Å²) in [5, 5.41) is 21.0. The third-order valence-electron chi connectivity index (χ3n) is 6.13. The fourth-order valence-corrected chi connectivity index (χ4v) is 3.77. The number of urea groups is 1. The van der Waals surface area contributed by atoms with Crippen LogP contribution in [0.2, 0.25) is 0 Å². The van der Waals surface area contributed by atoms with Crippen LogP contribution in [0, 0.1) is 28.4 Å². The Morgan fingerprint density at radius 3 is 2.24 bits per heavy atom. The molecule has 0 spiro atoms. The molecule has 0 fully saturated rings. The smallest absolute Gasteiger partial charge is 0.449 e. The molecule has 0 saturated heterocycles. The van der Waals surface area contributed by atoms with Gasteiger partial charge in [0.05, 0.1) is 4.92 Å². The van der Waals surface area contributed by atoms with E-state index < -0.39 is 47.1 Å². The van der Waals surface area contributed by atoms with Gasteiger partial charge in [0.1, 0.15) is 31.0 Å². The van der Waals surface area contributed by atoms with Crippen molar-refractivity contribution in [1.82, 2.24) is 16.0 Å². The number of nitro groups is 1. The highest BCUT2D eigenvalue weighted by Gasteiger charge is 2.29. The van der Waals surface area contributed by atoms with Crippen molar-refractivity contribution in [2.24, 2.45) is 11.7 Å². The number of nitrogens with two attached hydrogens (primary N) is 1. The number of hydrogen-bond acceptors (Lipinski definition) is 10. The molecule has 6 N–H and O–H groups in total. The van der Waals surface area contributed by atoms with Gasteiger partial charge in [0, 0.05) is 30.8 Å². The summed E-state index contributed by atoms with van der Waals surface area (Å²) in [6.07, 6.45) is 3.92. The summed E-state index contributed by atoms with van der Waals surface area (Å²) in [5.74, 6) is 0.848. The zero-order valence-corrected chi connectivity index (χ0v) is 25.3. The van der Waals surface area contributed by atoms with Gasteiger partial charge in [-0.3, -0.25) is 19.7 Å². The Morgan fingerprint density at radius 2 is 1.65 bits per heavy atom. The van der Waals surface area contributed by atoms with Gasteiger partial charge in [-0.1, -0.05) is 26.0 Å². The Hall–Kier alpha value is -5.85. The topological polar surface area (TPSA) is 230 Å². The lowest BCUT2D eigenvalue weighted by Gasteiger charge is -2.25. The van der Waals surface area contributed by atoms with E-state index in [9.17, 15) is 34.1 Å². The predicted octanol–water partition coefficient (Wildman–Crippen LogP) is 2.96. The molecule has 0 aliphatic heterocycles. The second-order valence-electron chi connectivity index (χ2n) is 10.0. The summed E-state index contributed by atoms with van der Waals surface area (Å²) in [5.41, 5.74) is 5.86. The van der Waals surface area contributed by atoms with E-state index in [1.807, 2.05) is 0 Å². The Balaban J connectivity index is 1.99. The number of carbonyl (C=O) groups excluding carboxylic acids is 5. The van der Waals surface area contributed by atoms with Crippen LogP contribution >= 0.6 is 0 Å². The van der Waals surface area contributed by atoms with Crippen molar-refractivity contribution in [3.05, 3.63) is 64.2 Å². The van der Waals surface area contributed by atoms with Gasteiger partial charge >= 0.3 is 18.3 Å². The number of anilines is 1. The van der Waals surface area contributed by atoms with Crippen LogP contribution in [0.3, 0.4) is 0 Å². The summed E-state index contributed by atoms with van der Waals surface area (Å²) >= 11 is 0. The van der Waals surface area contributed by atoms with E-state index in [0.717, 1.165) is 0 Å². The van der Waals surface area contributed by atoms with Gasteiger partial charge in [0.15, 0.2) is 0 Å². The van der Waals surface area contributed by atoms with Crippen molar-refractivity contribution >= 4 is 41.5 Å². The van der Waals surface area contributed by atoms with Gasteiger partial charge in [-0.05, 0) is 48.6 Å². The van der Waals surface area contributed by atoms with Gasteiger partial charge in [-0.25, -0.2) is 14.4 Å². The third-order valence-corrected chi connectivity index (χ3v) is 6.13. The summed E-state index contributed by atoms with van der Waals surface area (Å²) < 4.78 is 15.0. The second-order valence-corrected chi connectivity index (χ2v) is 10.0. The number of primary amides is 1. The Kier molecular flexibility index (Phi) is 14.8. The lowest BCUT2D eigenvalue weighted by molar-refractivity contribution is -0.384. The highest BCUT2D eigenvalue weighted by atomic mass is 16.7. The average Bonchev–Trinajstić information content (AvgIpc) is 3.01. The highest BCUT2D eigenvalue weighted by molar-refractivity contribution is 5.98. The molecule has 0 bridgehead atoms. The summed E-state index contributed by atoms with van der Waals surface area (Å²) in [7, 11) is 0. The van der Waals surface area contributed by atoms with Gasteiger partial charge in [0.2, 0.25) is 11.8 Å². The van der Waals surface area contributed by atoms with Crippen LogP contribution in [0.1, 0.15) is 38.7 Å². The van der Waals surface area contributed by atoms with Crippen molar-refractivity contribution in [2.45, 2.75) is 51.8 Å². The maximum atomic E-state index is 13.2. The molecule has 2 aromatic rings. The Morgan fingerprint density at radius 1 is 0.978 bits per heavy atom. The number of rotatable bonds is 16. The maximum absolute atomic E-state index is 13.2. The lowest BCUT2D eigenvalue weighted by Crippen LogP contribution is -2.54. The monoisotopic (exact) mass is 640 g/mol. The van der Waals surface area contributed by atoms with Crippen molar-refractivity contribution in [3.8, 4) is 18.1 Å². The minimum absolute atomic E-state index is 0.0240. The molecule has 0 aromatic heterocycles. The standard InChI is InChI=1S/C30H36N6O10/c1-4-5-17-44-29(40)35-25(19(2)3)27(38)34-24(7-6-16-32-28(31)39)26(37)33-21-10-8-20(9-11-21)18-45-30(41)46-23-14-12-22(13-15-23)36(42)43/h1,8-15,19,24-25H,5-7,16-18H2,2-3H3,(H,33,37)(H,34,38)(H,35,40)(H3,31,32,39)/t24-,25-/m0/s1. The number of carbonyl (C=O) groups is 5. The zero-order valence-electron chi connectivity index (χ0n) is 25.3. The van der Waals surface area contributed by atoms with Crippen molar-refractivity contribution < 1.29 is 43.1 Å². The third kappa shape index (κ3) is 13.2. The number of non-ortho nitro benzene ring substituents is 1. The van der Waals surface area contributed by atoms with Crippen molar-refractivity contribution in [1.29, 1.82) is 0 Å². The molecular formula is C30H36N6O10. The van der Waals surface area contributed by atoms with Gasteiger partial charge in [-0.2, -0.15) is 0 Å². The zero-order chi connectivity index (χ0) is 34.1. The molecule has 46 heavy (non-hydrogen) atoms. The number of hydrogen-bond donors (Lipinski definition) is 5. The first-order chi connectivity index (χ1) is 21.9. The van der Waals surface area contributed by atoms with E-state index in [4.69, 9.17) is 26.4 Å². The van der Waals surface area contributed by atoms with E-state index in [1.165, 1.54) is 24.3 Å². The molecule has 0 saturated carbocycles. The van der Waals surface area contributed by atoms with E-state index in [0.29, 0.717) is 17.7 Å². The van der Waals surface area contributed by atoms with Gasteiger partial charge in [0.25, 0.3) is 5.69 Å². The van der Waals surface area contributed by atoms with Crippen LogP contribution in [-0.2, 0) is 25.7 Å². The Labute approximate surface area is 264 Å². The number of nitrogens with one attached hydrogen (secondary N) is 4. The molecule has 16 nitrogen and oxygen atoms in total. The second kappa shape index (κ2) is 18.7. The van der Waals surface area contributed by atoms with Crippen LogP contribution in [-0.4, -0.2) is 60.3 Å². The van der Waals surface area contributed by atoms with Crippen molar-refractivity contribution in [2.75, 3.05) is 18.5 Å². The number of amides is 5. The summed E-state index contributed by atoms with van der Waals surface area (Å²) in [4.78, 5) is 71.6. The van der Waals surface area contributed by atoms with Crippen LogP contribution < -0.4 is 31.7 Å². The molecular weight excluding hydrogens is 604 g/mol. The predicted molar refractivity (Wildman–Crippen MR) is 164 cm³/mol. The number of nitrogens with zero attached hydrogens (tertiary/aromatic N) is 1. The first-order valence-electron chi connectivity index (χ1n) is 14.1. The van der Waals surface area contributed by atoms with Crippen LogP contribution in [0.4, 0.5) is 25.8 Å². The van der Waals surface area contributed by atoms with Crippen LogP contribution in [0.15, 0.2) is 48.5 Å². The molecule has 0 aliphatic carbocycles. The number of terminal acetylenes is 1. The number of benzene rings is 2. The minimum atomic E-state index is -1.06. The quantitative estimate of drug-likeness (QED) is 0.0450. The minimum Gasteiger partial charge on any atom is -0.449 e. The summed E-state index contributed by atoms with van der Waals surface area (Å²) in [6, 6.07) is 8.35. The van der Waals surface area contributed by atoms with E-state index in [1.54, 1.807) is 38.1 Å². The molecule has 16 heteroatoms. The number of ether oxygens (including phenoxy) is 3. The lowest BCUT2D eigenvalue weighted by atomic mass is 10.0. The molecule has 2 rings (SSSR count). The molecule has 2 atom stereocenters.